The van der Waals surface area contributed by atoms with Crippen molar-refractivity contribution in [2.24, 2.45) is 0 Å². The summed E-state index contributed by atoms with van der Waals surface area (Å²) in [6.45, 7) is 9.18. The van der Waals surface area contributed by atoms with Crippen LogP contribution in [0.15, 0.2) is 66.7 Å². The normalized spacial score (nSPS) is 17.3. The van der Waals surface area contributed by atoms with Crippen molar-refractivity contribution in [3.05, 3.63) is 112 Å². The fourth-order valence-electron chi connectivity index (χ4n) is 5.77. The van der Waals surface area contributed by atoms with Gasteiger partial charge in [-0.25, -0.2) is 8.78 Å². The summed E-state index contributed by atoms with van der Waals surface area (Å²) < 4.78 is 27.2. The first-order chi connectivity index (χ1) is 17.0. The van der Waals surface area contributed by atoms with Crippen LogP contribution < -0.4 is 0 Å². The summed E-state index contributed by atoms with van der Waals surface area (Å²) in [5.41, 5.74) is 9.33. The van der Waals surface area contributed by atoms with E-state index < -0.39 is 0 Å². The van der Waals surface area contributed by atoms with Crippen LogP contribution in [-0.2, 0) is 6.42 Å². The van der Waals surface area contributed by atoms with Gasteiger partial charge < -0.3 is 0 Å². The summed E-state index contributed by atoms with van der Waals surface area (Å²) in [5, 5.41) is 0. The number of hydrogen-bond acceptors (Lipinski definition) is 2. The number of aryl methyl sites for hydroxylation is 2. The van der Waals surface area contributed by atoms with E-state index in [1.54, 1.807) is 0 Å². The molecular weight excluding hydrogens is 509 g/mol. The second kappa shape index (κ2) is 13.0. The van der Waals surface area contributed by atoms with Crippen LogP contribution in [-0.4, -0.2) is 42.5 Å². The predicted octanol–water partition coefficient (Wildman–Crippen LogP) is 7.55. The summed E-state index contributed by atoms with van der Waals surface area (Å²) in [4.78, 5) is 4.96. The van der Waals surface area contributed by atoms with Crippen molar-refractivity contribution >= 4 is 30.4 Å². The van der Waals surface area contributed by atoms with E-state index in [-0.39, 0.29) is 42.5 Å². The average Bonchev–Trinajstić information content (AvgIpc) is 2.86. The van der Waals surface area contributed by atoms with Gasteiger partial charge in [0.2, 0.25) is 0 Å². The fourth-order valence-corrected chi connectivity index (χ4v) is 5.77. The summed E-state index contributed by atoms with van der Waals surface area (Å²) in [7, 11) is 0. The van der Waals surface area contributed by atoms with E-state index in [4.69, 9.17) is 0 Å². The molecule has 0 unspecified atom stereocenters. The molecule has 1 aliphatic carbocycles. The molecule has 0 aromatic heterocycles. The van der Waals surface area contributed by atoms with Crippen LogP contribution in [0.3, 0.4) is 0 Å². The highest BCUT2D eigenvalue weighted by Crippen LogP contribution is 2.34. The second-order valence-electron chi connectivity index (χ2n) is 10.0. The lowest BCUT2D eigenvalue weighted by Gasteiger charge is -2.39. The van der Waals surface area contributed by atoms with E-state index in [1.807, 2.05) is 24.3 Å². The van der Waals surface area contributed by atoms with Crippen molar-refractivity contribution in [2.75, 3.05) is 32.7 Å². The van der Waals surface area contributed by atoms with Crippen LogP contribution in [0.25, 0.3) is 5.57 Å². The second-order valence-corrected chi connectivity index (χ2v) is 10.0. The summed E-state index contributed by atoms with van der Waals surface area (Å²) in [5.74, 6) is -0.474. The molecule has 0 amide bonds. The maximum absolute atomic E-state index is 13.6. The minimum Gasteiger partial charge on any atom is -0.297 e. The lowest BCUT2D eigenvalue weighted by molar-refractivity contribution is 0.117. The van der Waals surface area contributed by atoms with E-state index in [1.165, 1.54) is 64.9 Å². The number of allylic oxidation sites excluding steroid dienone is 1. The molecule has 1 fully saturated rings. The molecule has 6 heteroatoms. The smallest absolute Gasteiger partial charge is 0.123 e. The molecule has 0 saturated carbocycles. The van der Waals surface area contributed by atoms with Gasteiger partial charge in [0, 0.05) is 32.7 Å². The summed E-state index contributed by atoms with van der Waals surface area (Å²) >= 11 is 0. The molecule has 2 aliphatic rings. The Labute approximate surface area is 232 Å². The highest BCUT2D eigenvalue weighted by Gasteiger charge is 2.26. The molecule has 0 atom stereocenters. The molecule has 3 aromatic rings. The van der Waals surface area contributed by atoms with E-state index in [0.29, 0.717) is 0 Å². The first-order valence-corrected chi connectivity index (χ1v) is 12.7. The van der Waals surface area contributed by atoms with Crippen molar-refractivity contribution in [1.29, 1.82) is 0 Å². The zero-order chi connectivity index (χ0) is 24.4. The summed E-state index contributed by atoms with van der Waals surface area (Å²) in [6.07, 6.45) is 6.02. The van der Waals surface area contributed by atoms with Crippen molar-refractivity contribution < 1.29 is 8.78 Å². The van der Waals surface area contributed by atoms with Crippen LogP contribution in [0.4, 0.5) is 8.78 Å². The molecule has 1 heterocycles. The van der Waals surface area contributed by atoms with Gasteiger partial charge in [-0.05, 0) is 90.8 Å². The third-order valence-corrected chi connectivity index (χ3v) is 7.58. The van der Waals surface area contributed by atoms with Gasteiger partial charge in [-0.2, -0.15) is 0 Å². The molecule has 0 radical (unpaired) electrons. The molecule has 0 bridgehead atoms. The Hall–Kier alpha value is -2.24. The number of piperazine rings is 1. The Balaban J connectivity index is 0.00000190. The van der Waals surface area contributed by atoms with E-state index in [0.717, 1.165) is 50.3 Å². The fraction of sp³-hybridized carbons (Fsp3) is 0.355. The van der Waals surface area contributed by atoms with Crippen molar-refractivity contribution in [1.82, 2.24) is 9.80 Å². The number of rotatable bonds is 5. The van der Waals surface area contributed by atoms with Crippen molar-refractivity contribution in [2.45, 2.75) is 39.2 Å². The highest BCUT2D eigenvalue weighted by atomic mass is 35.5. The Morgan fingerprint density at radius 1 is 0.784 bits per heavy atom. The maximum atomic E-state index is 13.6. The highest BCUT2D eigenvalue weighted by molar-refractivity contribution is 5.85. The number of fused-ring (bicyclic) bond motifs is 1. The molecule has 198 valence electrons. The van der Waals surface area contributed by atoms with Gasteiger partial charge >= 0.3 is 0 Å². The third kappa shape index (κ3) is 6.80. The van der Waals surface area contributed by atoms with Gasteiger partial charge in [-0.15, -0.1) is 24.8 Å². The quantitative estimate of drug-likeness (QED) is 0.327. The number of benzene rings is 3. The molecule has 37 heavy (non-hydrogen) atoms. The first-order valence-electron chi connectivity index (χ1n) is 12.7. The van der Waals surface area contributed by atoms with Gasteiger partial charge in [0.1, 0.15) is 11.6 Å². The topological polar surface area (TPSA) is 6.48 Å². The Morgan fingerprint density at radius 3 is 1.92 bits per heavy atom. The lowest BCUT2D eigenvalue weighted by atomic mass is 9.83. The van der Waals surface area contributed by atoms with Gasteiger partial charge in [-0.3, -0.25) is 9.80 Å². The zero-order valence-electron chi connectivity index (χ0n) is 21.6. The van der Waals surface area contributed by atoms with E-state index in [2.05, 4.69) is 41.9 Å². The first kappa shape index (κ1) is 29.3. The minimum absolute atomic E-state index is 0. The lowest BCUT2D eigenvalue weighted by Crippen LogP contribution is -2.47. The SMILES string of the molecule is Cc1cc(C)c2c(c1)/C(=C\CN1CCN(C(c3ccc(F)cc3)c3ccc(F)cc3)CC1)CCC2.Cl.Cl. The van der Waals surface area contributed by atoms with Crippen LogP contribution in [0.5, 0.6) is 0 Å². The van der Waals surface area contributed by atoms with Crippen LogP contribution in [0.2, 0.25) is 0 Å². The van der Waals surface area contributed by atoms with Crippen LogP contribution in [0.1, 0.15) is 52.3 Å². The largest absolute Gasteiger partial charge is 0.297 e. The minimum atomic E-state index is -0.237. The monoisotopic (exact) mass is 544 g/mol. The molecular formula is C31H36Cl2F2N2. The number of hydrogen-bond donors (Lipinski definition) is 0. The van der Waals surface area contributed by atoms with Crippen LogP contribution in [0, 0.1) is 25.5 Å². The Bertz CT molecular complexity index is 1160. The van der Waals surface area contributed by atoms with Crippen molar-refractivity contribution in [3.63, 3.8) is 0 Å². The Kier molecular flexibility index (Phi) is 10.3. The van der Waals surface area contributed by atoms with E-state index in [9.17, 15) is 8.78 Å². The van der Waals surface area contributed by atoms with Crippen LogP contribution >= 0.6 is 24.8 Å². The van der Waals surface area contributed by atoms with E-state index >= 15 is 0 Å². The zero-order valence-corrected chi connectivity index (χ0v) is 23.2. The molecule has 1 saturated heterocycles. The molecule has 2 nitrogen and oxygen atoms in total. The van der Waals surface area contributed by atoms with Crippen molar-refractivity contribution in [3.8, 4) is 0 Å². The molecule has 5 rings (SSSR count). The van der Waals surface area contributed by atoms with Gasteiger partial charge in [0.15, 0.2) is 0 Å². The summed E-state index contributed by atoms with van der Waals surface area (Å²) in [6, 6.07) is 18.1. The molecule has 0 spiro atoms. The third-order valence-electron chi connectivity index (χ3n) is 7.58. The predicted molar refractivity (Wildman–Crippen MR) is 154 cm³/mol. The Morgan fingerprint density at radius 2 is 1.35 bits per heavy atom. The number of nitrogens with zero attached hydrogens (tertiary/aromatic N) is 2. The van der Waals surface area contributed by atoms with Gasteiger partial charge in [-0.1, -0.05) is 48.0 Å². The number of halogens is 4. The van der Waals surface area contributed by atoms with Gasteiger partial charge in [0.05, 0.1) is 6.04 Å². The maximum Gasteiger partial charge on any atom is 0.123 e. The van der Waals surface area contributed by atoms with Gasteiger partial charge in [0.25, 0.3) is 0 Å². The molecule has 3 aromatic carbocycles. The molecule has 1 aliphatic heterocycles. The molecule has 0 N–H and O–H groups in total. The average molecular weight is 546 g/mol. The standard InChI is InChI=1S/C31H34F2N2.2ClH/c1-22-20-23(2)29-5-3-4-24(30(29)21-22)14-15-34-16-18-35(19-17-34)31(25-6-10-27(32)11-7-25)26-8-12-28(33)13-9-26;;/h6-14,20-21,31H,3-5,15-19H2,1-2H3;2*1H/b24-14-;;.